The summed E-state index contributed by atoms with van der Waals surface area (Å²) in [6.07, 6.45) is -0.947. The third kappa shape index (κ3) is 5.63. The summed E-state index contributed by atoms with van der Waals surface area (Å²) in [6, 6.07) is 23.7. The fourth-order valence-corrected chi connectivity index (χ4v) is 2.98. The Morgan fingerprint density at radius 2 is 1.55 bits per heavy atom. The van der Waals surface area contributed by atoms with Crippen LogP contribution in [-0.2, 0) is 16.1 Å². The number of rotatable bonds is 8. The fourth-order valence-electron chi connectivity index (χ4n) is 2.98. The summed E-state index contributed by atoms with van der Waals surface area (Å²) in [6.45, 7) is 1.92. The van der Waals surface area contributed by atoms with Crippen LogP contribution < -0.4 is 14.4 Å². The van der Waals surface area contributed by atoms with Crippen molar-refractivity contribution in [2.24, 2.45) is 0 Å². The fraction of sp³-hybridized carbons (Fsp3) is 0.200. The molecule has 0 radical (unpaired) electrons. The third-order valence-corrected chi connectivity index (χ3v) is 4.74. The van der Waals surface area contributed by atoms with Gasteiger partial charge in [0.1, 0.15) is 6.61 Å². The molecule has 160 valence electrons. The maximum absolute atomic E-state index is 12.6. The molecule has 0 spiro atoms. The van der Waals surface area contributed by atoms with Crippen molar-refractivity contribution in [1.29, 1.82) is 0 Å². The lowest BCUT2D eigenvalue weighted by Gasteiger charge is -2.21. The molecule has 0 heterocycles. The van der Waals surface area contributed by atoms with E-state index in [1.165, 1.54) is 12.0 Å². The molecule has 6 heteroatoms. The quantitative estimate of drug-likeness (QED) is 0.504. The number of amides is 1. The Kier molecular flexibility index (Phi) is 7.27. The molecule has 0 saturated carbocycles. The number of benzene rings is 3. The van der Waals surface area contributed by atoms with Gasteiger partial charge in [0, 0.05) is 12.7 Å². The maximum Gasteiger partial charge on any atom is 0.339 e. The molecule has 1 amide bonds. The van der Waals surface area contributed by atoms with E-state index >= 15 is 0 Å². The number of likely N-dealkylation sites (N-methyl/N-ethyl adjacent to an activating group) is 1. The van der Waals surface area contributed by atoms with E-state index < -0.39 is 12.1 Å². The van der Waals surface area contributed by atoms with Crippen molar-refractivity contribution >= 4 is 17.6 Å². The van der Waals surface area contributed by atoms with Gasteiger partial charge in [-0.05, 0) is 42.8 Å². The maximum atomic E-state index is 12.6. The first-order valence-corrected chi connectivity index (χ1v) is 9.88. The Bertz CT molecular complexity index is 1020. The molecule has 0 saturated heterocycles. The predicted molar refractivity (Wildman–Crippen MR) is 118 cm³/mol. The van der Waals surface area contributed by atoms with Gasteiger partial charge in [-0.1, -0.05) is 48.5 Å². The number of para-hydroxylation sites is 1. The standard InChI is InChI=1S/C25H25NO5/c1-18(24(27)26(2)21-12-8-5-9-13-21)31-25(28)20-14-15-22(23(16-20)29-3)30-17-19-10-6-4-7-11-19/h4-16,18H,17H2,1-3H3. The van der Waals surface area contributed by atoms with Crippen molar-refractivity contribution in [2.75, 3.05) is 19.1 Å². The van der Waals surface area contributed by atoms with Crippen molar-refractivity contribution in [3.05, 3.63) is 90.0 Å². The van der Waals surface area contributed by atoms with E-state index in [-0.39, 0.29) is 11.5 Å². The minimum atomic E-state index is -0.947. The van der Waals surface area contributed by atoms with E-state index in [4.69, 9.17) is 14.2 Å². The number of ether oxygens (including phenoxy) is 3. The first kappa shape index (κ1) is 21.9. The Labute approximate surface area is 182 Å². The molecule has 0 fully saturated rings. The second-order valence-electron chi connectivity index (χ2n) is 6.92. The second kappa shape index (κ2) is 10.3. The summed E-state index contributed by atoms with van der Waals surface area (Å²) in [5.74, 6) is -0.0221. The molecule has 3 rings (SSSR count). The SMILES string of the molecule is COc1cc(C(=O)OC(C)C(=O)N(C)c2ccccc2)ccc1OCc1ccccc1. The molecule has 0 aliphatic carbocycles. The van der Waals surface area contributed by atoms with Crippen molar-refractivity contribution in [3.8, 4) is 11.5 Å². The summed E-state index contributed by atoms with van der Waals surface area (Å²) in [5.41, 5.74) is 2.01. The van der Waals surface area contributed by atoms with Crippen molar-refractivity contribution in [3.63, 3.8) is 0 Å². The van der Waals surface area contributed by atoms with Crippen LogP contribution in [0, 0.1) is 0 Å². The smallest absolute Gasteiger partial charge is 0.339 e. The van der Waals surface area contributed by atoms with E-state index in [1.54, 1.807) is 32.2 Å². The summed E-state index contributed by atoms with van der Waals surface area (Å²) < 4.78 is 16.6. The lowest BCUT2D eigenvalue weighted by molar-refractivity contribution is -0.126. The summed E-state index contributed by atoms with van der Waals surface area (Å²) in [7, 11) is 3.14. The van der Waals surface area contributed by atoms with Gasteiger partial charge in [0.05, 0.1) is 12.7 Å². The summed E-state index contributed by atoms with van der Waals surface area (Å²) in [5, 5.41) is 0. The zero-order valence-electron chi connectivity index (χ0n) is 17.8. The molecule has 0 bridgehead atoms. The average molecular weight is 419 g/mol. The molecule has 3 aromatic carbocycles. The molecular weight excluding hydrogens is 394 g/mol. The largest absolute Gasteiger partial charge is 0.493 e. The van der Waals surface area contributed by atoms with Crippen LogP contribution >= 0.6 is 0 Å². The van der Waals surface area contributed by atoms with E-state index in [9.17, 15) is 9.59 Å². The van der Waals surface area contributed by atoms with E-state index in [2.05, 4.69) is 0 Å². The van der Waals surface area contributed by atoms with Gasteiger partial charge in [-0.2, -0.15) is 0 Å². The molecule has 31 heavy (non-hydrogen) atoms. The third-order valence-electron chi connectivity index (χ3n) is 4.74. The van der Waals surface area contributed by atoms with Crippen LogP contribution in [0.4, 0.5) is 5.69 Å². The Balaban J connectivity index is 1.65. The highest BCUT2D eigenvalue weighted by Gasteiger charge is 2.23. The van der Waals surface area contributed by atoms with E-state index in [1.807, 2.05) is 60.7 Å². The number of carbonyl (C=O) groups is 2. The molecule has 1 unspecified atom stereocenters. The zero-order valence-corrected chi connectivity index (χ0v) is 17.8. The van der Waals surface area contributed by atoms with Crippen LogP contribution in [0.15, 0.2) is 78.9 Å². The van der Waals surface area contributed by atoms with Crippen LogP contribution in [0.5, 0.6) is 11.5 Å². The number of esters is 1. The number of methoxy groups -OCH3 is 1. The average Bonchev–Trinajstić information content (AvgIpc) is 2.82. The highest BCUT2D eigenvalue weighted by molar-refractivity contribution is 5.98. The first-order valence-electron chi connectivity index (χ1n) is 9.88. The van der Waals surface area contributed by atoms with E-state index in [0.29, 0.717) is 18.1 Å². The van der Waals surface area contributed by atoms with Crippen molar-refractivity contribution in [2.45, 2.75) is 19.6 Å². The second-order valence-corrected chi connectivity index (χ2v) is 6.92. The Morgan fingerprint density at radius 3 is 2.19 bits per heavy atom. The molecule has 1 atom stereocenters. The first-order chi connectivity index (χ1) is 15.0. The zero-order chi connectivity index (χ0) is 22.2. The lowest BCUT2D eigenvalue weighted by Crippen LogP contribution is -2.37. The highest BCUT2D eigenvalue weighted by Crippen LogP contribution is 2.29. The van der Waals surface area contributed by atoms with Gasteiger partial charge in [-0.3, -0.25) is 4.79 Å². The highest BCUT2D eigenvalue weighted by atomic mass is 16.5. The van der Waals surface area contributed by atoms with Crippen LogP contribution in [0.3, 0.4) is 0 Å². The lowest BCUT2D eigenvalue weighted by atomic mass is 10.2. The monoisotopic (exact) mass is 419 g/mol. The molecule has 6 nitrogen and oxygen atoms in total. The Morgan fingerprint density at radius 1 is 0.903 bits per heavy atom. The minimum absolute atomic E-state index is 0.269. The minimum Gasteiger partial charge on any atom is -0.493 e. The van der Waals surface area contributed by atoms with Gasteiger partial charge < -0.3 is 19.1 Å². The summed E-state index contributed by atoms with van der Waals surface area (Å²) in [4.78, 5) is 26.7. The number of nitrogens with zero attached hydrogens (tertiary/aromatic N) is 1. The molecule has 0 N–H and O–H groups in total. The van der Waals surface area contributed by atoms with Gasteiger partial charge in [0.2, 0.25) is 0 Å². The van der Waals surface area contributed by atoms with Gasteiger partial charge in [0.25, 0.3) is 5.91 Å². The van der Waals surface area contributed by atoms with Crippen molar-refractivity contribution in [1.82, 2.24) is 0 Å². The molecule has 0 aromatic heterocycles. The predicted octanol–water partition coefficient (Wildman–Crippen LogP) is 4.48. The summed E-state index contributed by atoms with van der Waals surface area (Å²) >= 11 is 0. The number of hydrogen-bond donors (Lipinski definition) is 0. The van der Waals surface area contributed by atoms with E-state index in [0.717, 1.165) is 11.3 Å². The number of anilines is 1. The molecule has 0 aliphatic rings. The van der Waals surface area contributed by atoms with Gasteiger partial charge in [-0.15, -0.1) is 0 Å². The molecular formula is C25H25NO5. The van der Waals surface area contributed by atoms with Crippen LogP contribution in [0.25, 0.3) is 0 Å². The number of hydrogen-bond acceptors (Lipinski definition) is 5. The topological polar surface area (TPSA) is 65.1 Å². The van der Waals surface area contributed by atoms with Gasteiger partial charge >= 0.3 is 5.97 Å². The molecule has 3 aromatic rings. The van der Waals surface area contributed by atoms with Gasteiger partial charge in [0.15, 0.2) is 17.6 Å². The number of carbonyl (C=O) groups excluding carboxylic acids is 2. The van der Waals surface area contributed by atoms with Crippen LogP contribution in [0.1, 0.15) is 22.8 Å². The normalized spacial score (nSPS) is 11.3. The van der Waals surface area contributed by atoms with Crippen LogP contribution in [0.2, 0.25) is 0 Å². The van der Waals surface area contributed by atoms with Crippen molar-refractivity contribution < 1.29 is 23.8 Å². The Hall–Kier alpha value is -3.80. The molecule has 0 aliphatic heterocycles. The van der Waals surface area contributed by atoms with Crippen LogP contribution in [-0.4, -0.2) is 32.1 Å². The van der Waals surface area contributed by atoms with Gasteiger partial charge in [-0.25, -0.2) is 4.79 Å².